The highest BCUT2D eigenvalue weighted by atomic mass is 16.2. The van der Waals surface area contributed by atoms with Crippen molar-refractivity contribution in [3.8, 4) is 0 Å². The van der Waals surface area contributed by atoms with Gasteiger partial charge in [-0.15, -0.1) is 0 Å². The Bertz CT molecular complexity index is 550. The van der Waals surface area contributed by atoms with E-state index in [1.807, 2.05) is 45.9 Å². The Balaban J connectivity index is 2.40. The zero-order valence-corrected chi connectivity index (χ0v) is 13.1. The molecule has 0 aliphatic heterocycles. The highest BCUT2D eigenvalue weighted by molar-refractivity contribution is 5.93. The maximum Gasteiger partial charge on any atom is 0.240 e. The molecule has 0 unspecified atom stereocenters. The van der Waals surface area contributed by atoms with Crippen LogP contribution in [0.25, 0.3) is 0 Å². The van der Waals surface area contributed by atoms with Gasteiger partial charge in [-0.1, -0.05) is 13.0 Å². The number of anilines is 1. The Labute approximate surface area is 125 Å². The number of rotatable bonds is 6. The lowest BCUT2D eigenvalue weighted by atomic mass is 10.1. The summed E-state index contributed by atoms with van der Waals surface area (Å²) in [6.45, 7) is 7.81. The van der Waals surface area contributed by atoms with Gasteiger partial charge in [-0.05, 0) is 50.5 Å². The van der Waals surface area contributed by atoms with Gasteiger partial charge in [-0.25, -0.2) is 5.43 Å². The summed E-state index contributed by atoms with van der Waals surface area (Å²) in [7, 11) is 0. The minimum atomic E-state index is -0.252. The number of hydrogen-bond donors (Lipinski definition) is 2. The number of nitrogens with zero attached hydrogens (tertiary/aromatic N) is 1. The lowest BCUT2D eigenvalue weighted by Crippen LogP contribution is -2.21. The van der Waals surface area contributed by atoms with Gasteiger partial charge in [-0.3, -0.25) is 9.59 Å². The molecule has 2 amide bonds. The van der Waals surface area contributed by atoms with Crippen LogP contribution in [0.1, 0.15) is 44.2 Å². The van der Waals surface area contributed by atoms with Crippen molar-refractivity contribution in [1.82, 2.24) is 5.43 Å². The Hall–Kier alpha value is -2.17. The van der Waals surface area contributed by atoms with Crippen LogP contribution in [0, 0.1) is 13.8 Å². The van der Waals surface area contributed by atoms with Crippen LogP contribution in [0.15, 0.2) is 23.3 Å². The van der Waals surface area contributed by atoms with Crippen LogP contribution in [-0.2, 0) is 9.59 Å². The lowest BCUT2D eigenvalue weighted by molar-refractivity contribution is -0.124. The summed E-state index contributed by atoms with van der Waals surface area (Å²) in [6.07, 6.45) is 1.05. The van der Waals surface area contributed by atoms with Crippen molar-refractivity contribution in [2.45, 2.75) is 47.0 Å². The number of benzene rings is 1. The number of carbonyl (C=O) groups excluding carboxylic acids is 2. The predicted molar refractivity (Wildman–Crippen MR) is 85.3 cm³/mol. The summed E-state index contributed by atoms with van der Waals surface area (Å²) >= 11 is 0. The molecule has 0 spiro atoms. The van der Waals surface area contributed by atoms with E-state index in [1.54, 1.807) is 0 Å². The number of hydrazone groups is 1. The van der Waals surface area contributed by atoms with Crippen molar-refractivity contribution in [2.24, 2.45) is 5.10 Å². The van der Waals surface area contributed by atoms with Crippen molar-refractivity contribution < 1.29 is 9.59 Å². The molecule has 5 heteroatoms. The summed E-state index contributed by atoms with van der Waals surface area (Å²) < 4.78 is 0. The first kappa shape index (κ1) is 16.9. The van der Waals surface area contributed by atoms with Crippen molar-refractivity contribution in [1.29, 1.82) is 0 Å². The second-order valence-corrected chi connectivity index (χ2v) is 5.08. The van der Waals surface area contributed by atoms with Crippen molar-refractivity contribution in [3.63, 3.8) is 0 Å². The fraction of sp³-hybridized carbons (Fsp3) is 0.438. The smallest absolute Gasteiger partial charge is 0.240 e. The SMILES string of the molecule is CC/C(C)=N\NC(=O)CCC(=O)Nc1ccc(C)c(C)c1. The summed E-state index contributed by atoms with van der Waals surface area (Å²) in [4.78, 5) is 23.3. The second-order valence-electron chi connectivity index (χ2n) is 5.08. The van der Waals surface area contributed by atoms with Gasteiger partial charge >= 0.3 is 0 Å². The zero-order chi connectivity index (χ0) is 15.8. The van der Waals surface area contributed by atoms with Crippen LogP contribution < -0.4 is 10.7 Å². The largest absolute Gasteiger partial charge is 0.326 e. The number of carbonyl (C=O) groups is 2. The molecule has 1 aromatic carbocycles. The number of amides is 2. The van der Waals surface area contributed by atoms with Gasteiger partial charge in [0.2, 0.25) is 11.8 Å². The predicted octanol–water partition coefficient (Wildman–Crippen LogP) is 2.92. The van der Waals surface area contributed by atoms with Gasteiger partial charge in [0.1, 0.15) is 0 Å². The molecule has 0 aliphatic rings. The molecule has 114 valence electrons. The van der Waals surface area contributed by atoms with Crippen molar-refractivity contribution in [2.75, 3.05) is 5.32 Å². The van der Waals surface area contributed by atoms with Gasteiger partial charge in [0.15, 0.2) is 0 Å². The minimum absolute atomic E-state index is 0.122. The molecular formula is C16H23N3O2. The van der Waals surface area contributed by atoms with Gasteiger partial charge in [0.05, 0.1) is 0 Å². The molecule has 0 atom stereocenters. The highest BCUT2D eigenvalue weighted by Gasteiger charge is 2.07. The average Bonchev–Trinajstić information content (AvgIpc) is 2.46. The Morgan fingerprint density at radius 1 is 1.10 bits per heavy atom. The third-order valence-electron chi connectivity index (χ3n) is 3.25. The standard InChI is InChI=1S/C16H23N3O2/c1-5-13(4)18-19-16(21)9-8-15(20)17-14-7-6-11(2)12(3)10-14/h6-7,10H,5,8-9H2,1-4H3,(H,17,20)(H,19,21)/b18-13-. The fourth-order valence-electron chi connectivity index (χ4n) is 1.56. The number of aryl methyl sites for hydroxylation is 2. The molecule has 0 aliphatic carbocycles. The summed E-state index contributed by atoms with van der Waals surface area (Å²) in [6, 6.07) is 5.73. The van der Waals surface area contributed by atoms with Crippen LogP contribution in [0.5, 0.6) is 0 Å². The van der Waals surface area contributed by atoms with Gasteiger partial charge in [0, 0.05) is 24.2 Å². The Kier molecular flexibility index (Phi) is 6.59. The summed E-state index contributed by atoms with van der Waals surface area (Å²) in [5, 5.41) is 6.70. The van der Waals surface area contributed by atoms with E-state index in [0.29, 0.717) is 0 Å². The zero-order valence-electron chi connectivity index (χ0n) is 13.1. The Morgan fingerprint density at radius 3 is 2.38 bits per heavy atom. The van der Waals surface area contributed by atoms with Crippen LogP contribution >= 0.6 is 0 Å². The van der Waals surface area contributed by atoms with E-state index in [0.717, 1.165) is 23.4 Å². The maximum absolute atomic E-state index is 11.8. The minimum Gasteiger partial charge on any atom is -0.326 e. The topological polar surface area (TPSA) is 70.6 Å². The molecule has 1 aromatic rings. The molecule has 0 saturated carbocycles. The third kappa shape index (κ3) is 6.21. The molecule has 0 heterocycles. The number of hydrogen-bond acceptors (Lipinski definition) is 3. The molecule has 1 rings (SSSR count). The fourth-order valence-corrected chi connectivity index (χ4v) is 1.56. The van der Waals surface area contributed by atoms with Crippen molar-refractivity contribution >= 4 is 23.2 Å². The maximum atomic E-state index is 11.8. The second kappa shape index (κ2) is 8.19. The van der Waals surface area contributed by atoms with E-state index < -0.39 is 0 Å². The van der Waals surface area contributed by atoms with Gasteiger partial charge in [-0.2, -0.15) is 5.10 Å². The van der Waals surface area contributed by atoms with E-state index in [1.165, 1.54) is 5.56 Å². The molecule has 21 heavy (non-hydrogen) atoms. The first-order chi connectivity index (χ1) is 9.92. The van der Waals surface area contributed by atoms with E-state index in [-0.39, 0.29) is 24.7 Å². The molecule has 0 aromatic heterocycles. The summed E-state index contributed by atoms with van der Waals surface area (Å²) in [5.41, 5.74) is 6.34. The van der Waals surface area contributed by atoms with Gasteiger partial charge < -0.3 is 5.32 Å². The van der Waals surface area contributed by atoms with Crippen LogP contribution in [-0.4, -0.2) is 17.5 Å². The van der Waals surface area contributed by atoms with Gasteiger partial charge in [0.25, 0.3) is 0 Å². The van der Waals surface area contributed by atoms with E-state index in [4.69, 9.17) is 0 Å². The van der Waals surface area contributed by atoms with E-state index in [2.05, 4.69) is 15.8 Å². The molecule has 5 nitrogen and oxygen atoms in total. The molecule has 0 radical (unpaired) electrons. The molecule has 0 saturated heterocycles. The normalized spacial score (nSPS) is 11.1. The number of nitrogens with one attached hydrogen (secondary N) is 2. The Morgan fingerprint density at radius 2 is 1.76 bits per heavy atom. The third-order valence-corrected chi connectivity index (χ3v) is 3.25. The highest BCUT2D eigenvalue weighted by Crippen LogP contribution is 2.14. The molecule has 2 N–H and O–H groups in total. The first-order valence-electron chi connectivity index (χ1n) is 7.11. The monoisotopic (exact) mass is 289 g/mol. The average molecular weight is 289 g/mol. The van der Waals surface area contributed by atoms with Crippen LogP contribution in [0.4, 0.5) is 5.69 Å². The molecule has 0 fully saturated rings. The lowest BCUT2D eigenvalue weighted by Gasteiger charge is -2.07. The van der Waals surface area contributed by atoms with E-state index >= 15 is 0 Å². The van der Waals surface area contributed by atoms with Crippen molar-refractivity contribution in [3.05, 3.63) is 29.3 Å². The first-order valence-corrected chi connectivity index (χ1v) is 7.11. The van der Waals surface area contributed by atoms with Crippen LogP contribution in [0.2, 0.25) is 0 Å². The molecule has 0 bridgehead atoms. The van der Waals surface area contributed by atoms with E-state index in [9.17, 15) is 9.59 Å². The quantitative estimate of drug-likeness (QED) is 0.624. The summed E-state index contributed by atoms with van der Waals surface area (Å²) in [5.74, 6) is -0.428. The molecular weight excluding hydrogens is 266 g/mol. The van der Waals surface area contributed by atoms with Crippen LogP contribution in [0.3, 0.4) is 0 Å².